The largest absolute Gasteiger partial charge is 0.497 e. The number of methoxy groups -OCH3 is 2. The molecule has 2 fully saturated rings. The minimum Gasteiger partial charge on any atom is -0.497 e. The molecule has 166 valence electrons. The van der Waals surface area contributed by atoms with Crippen molar-refractivity contribution in [2.24, 2.45) is 0 Å². The highest BCUT2D eigenvalue weighted by molar-refractivity contribution is 7.89. The summed E-state index contributed by atoms with van der Waals surface area (Å²) in [6.45, 7) is 1.30. The molecule has 2 aliphatic rings. The fourth-order valence-corrected chi connectivity index (χ4v) is 6.73. The van der Waals surface area contributed by atoms with Gasteiger partial charge < -0.3 is 14.8 Å². The maximum atomic E-state index is 13.3. The zero-order valence-electron chi connectivity index (χ0n) is 18.1. The first-order valence-electron chi connectivity index (χ1n) is 10.7. The number of rotatable bonds is 6. The van der Waals surface area contributed by atoms with Gasteiger partial charge in [-0.25, -0.2) is 8.42 Å². The SMILES string of the molecule is COc1ccc(-c2ccc(C3[C@H]4CNC[C@@H]3N4S(=O)(=O)c3ccc(OC)cc3)cc2)cc1. The maximum Gasteiger partial charge on any atom is 0.243 e. The van der Waals surface area contributed by atoms with Gasteiger partial charge in [-0.3, -0.25) is 0 Å². The van der Waals surface area contributed by atoms with E-state index in [4.69, 9.17) is 9.47 Å². The van der Waals surface area contributed by atoms with Crippen molar-refractivity contribution in [3.05, 3.63) is 78.4 Å². The van der Waals surface area contributed by atoms with Crippen molar-refractivity contribution < 1.29 is 17.9 Å². The first kappa shape index (κ1) is 21.0. The molecule has 7 heteroatoms. The van der Waals surface area contributed by atoms with Crippen molar-refractivity contribution in [3.8, 4) is 22.6 Å². The molecule has 0 saturated carbocycles. The molecule has 0 spiro atoms. The molecule has 3 atom stereocenters. The summed E-state index contributed by atoms with van der Waals surface area (Å²) in [5, 5.41) is 3.37. The number of sulfonamides is 1. The number of hydrogen-bond donors (Lipinski definition) is 1. The Morgan fingerprint density at radius 2 is 1.22 bits per heavy atom. The van der Waals surface area contributed by atoms with Gasteiger partial charge in [0.2, 0.25) is 10.0 Å². The van der Waals surface area contributed by atoms with E-state index in [1.165, 1.54) is 5.56 Å². The minimum atomic E-state index is -3.56. The highest BCUT2D eigenvalue weighted by Crippen LogP contribution is 2.46. The second-order valence-corrected chi connectivity index (χ2v) is 10.0. The molecule has 0 amide bonds. The molecule has 0 radical (unpaired) electrons. The van der Waals surface area contributed by atoms with E-state index in [0.717, 1.165) is 16.9 Å². The van der Waals surface area contributed by atoms with E-state index in [9.17, 15) is 8.42 Å². The molecule has 1 unspecified atom stereocenters. The molecule has 2 aliphatic heterocycles. The Hall–Kier alpha value is -2.87. The third-order valence-electron chi connectivity index (χ3n) is 6.54. The van der Waals surface area contributed by atoms with Gasteiger partial charge in [0.1, 0.15) is 11.5 Å². The van der Waals surface area contributed by atoms with Gasteiger partial charge >= 0.3 is 0 Å². The minimum absolute atomic E-state index is 0.0901. The van der Waals surface area contributed by atoms with Gasteiger partial charge in [0.25, 0.3) is 0 Å². The number of hydrogen-bond acceptors (Lipinski definition) is 5. The van der Waals surface area contributed by atoms with Gasteiger partial charge in [-0.2, -0.15) is 4.31 Å². The molecule has 2 saturated heterocycles. The van der Waals surface area contributed by atoms with Gasteiger partial charge in [-0.05, 0) is 53.1 Å². The van der Waals surface area contributed by atoms with Crippen LogP contribution in [0.4, 0.5) is 0 Å². The molecule has 0 aliphatic carbocycles. The number of ether oxygens (including phenoxy) is 2. The molecule has 0 aromatic heterocycles. The van der Waals surface area contributed by atoms with Crippen molar-refractivity contribution in [3.63, 3.8) is 0 Å². The lowest BCUT2D eigenvalue weighted by Gasteiger charge is -2.57. The second kappa shape index (κ2) is 8.24. The first-order chi connectivity index (χ1) is 15.5. The topological polar surface area (TPSA) is 67.9 Å². The van der Waals surface area contributed by atoms with Crippen LogP contribution >= 0.6 is 0 Å². The molecule has 2 heterocycles. The van der Waals surface area contributed by atoms with E-state index in [1.807, 2.05) is 24.3 Å². The number of nitrogens with one attached hydrogen (secondary N) is 1. The highest BCUT2D eigenvalue weighted by atomic mass is 32.2. The number of piperazine rings is 1. The van der Waals surface area contributed by atoms with E-state index in [0.29, 0.717) is 23.7 Å². The molecule has 1 N–H and O–H groups in total. The fraction of sp³-hybridized carbons (Fsp3) is 0.280. The summed E-state index contributed by atoms with van der Waals surface area (Å²) in [4.78, 5) is 0.309. The summed E-state index contributed by atoms with van der Waals surface area (Å²) < 4.78 is 38.8. The Labute approximate surface area is 188 Å². The van der Waals surface area contributed by atoms with E-state index < -0.39 is 10.0 Å². The zero-order valence-corrected chi connectivity index (χ0v) is 18.9. The summed E-state index contributed by atoms with van der Waals surface area (Å²) in [7, 11) is -0.331. The summed E-state index contributed by atoms with van der Waals surface area (Å²) in [5.41, 5.74) is 3.43. The van der Waals surface area contributed by atoms with Gasteiger partial charge in [0.05, 0.1) is 19.1 Å². The Bertz CT molecular complexity index is 1180. The zero-order chi connectivity index (χ0) is 22.3. The predicted molar refractivity (Wildman–Crippen MR) is 124 cm³/mol. The lowest BCUT2D eigenvalue weighted by Crippen LogP contribution is -2.73. The molecule has 32 heavy (non-hydrogen) atoms. The lowest BCUT2D eigenvalue weighted by molar-refractivity contribution is 0.0370. The molecule has 2 bridgehead atoms. The van der Waals surface area contributed by atoms with Crippen molar-refractivity contribution in [2.75, 3.05) is 27.3 Å². The Morgan fingerprint density at radius 1 is 0.750 bits per heavy atom. The quantitative estimate of drug-likeness (QED) is 0.623. The van der Waals surface area contributed by atoms with Crippen LogP contribution in [0.3, 0.4) is 0 Å². The van der Waals surface area contributed by atoms with Crippen LogP contribution < -0.4 is 14.8 Å². The second-order valence-electron chi connectivity index (χ2n) is 8.18. The van der Waals surface area contributed by atoms with Gasteiger partial charge in [-0.1, -0.05) is 36.4 Å². The highest BCUT2D eigenvalue weighted by Gasteiger charge is 2.56. The van der Waals surface area contributed by atoms with Crippen molar-refractivity contribution in [1.82, 2.24) is 9.62 Å². The van der Waals surface area contributed by atoms with E-state index in [2.05, 4.69) is 29.6 Å². The molecule has 6 nitrogen and oxygen atoms in total. The summed E-state index contributed by atoms with van der Waals surface area (Å²) in [6.07, 6.45) is 0. The van der Waals surface area contributed by atoms with Crippen molar-refractivity contribution in [1.29, 1.82) is 0 Å². The smallest absolute Gasteiger partial charge is 0.243 e. The van der Waals surface area contributed by atoms with Crippen molar-refractivity contribution >= 4 is 10.0 Å². The van der Waals surface area contributed by atoms with Gasteiger partial charge in [0, 0.05) is 31.1 Å². The van der Waals surface area contributed by atoms with Crippen LogP contribution in [-0.2, 0) is 10.0 Å². The van der Waals surface area contributed by atoms with Crippen LogP contribution in [0.15, 0.2) is 77.7 Å². The van der Waals surface area contributed by atoms with Crippen LogP contribution in [-0.4, -0.2) is 52.1 Å². The van der Waals surface area contributed by atoms with E-state index >= 15 is 0 Å². The number of fused-ring (bicyclic) bond motifs is 2. The molecular formula is C25H26N2O4S. The third-order valence-corrected chi connectivity index (χ3v) is 8.51. The average Bonchev–Trinajstić information content (AvgIpc) is 2.85. The maximum absolute atomic E-state index is 13.3. The first-order valence-corrected chi connectivity index (χ1v) is 12.1. The van der Waals surface area contributed by atoms with Crippen LogP contribution in [0.1, 0.15) is 11.5 Å². The third kappa shape index (κ3) is 3.46. The van der Waals surface area contributed by atoms with Crippen LogP contribution in [0.5, 0.6) is 11.5 Å². The summed E-state index contributed by atoms with van der Waals surface area (Å²) in [6, 6.07) is 22.9. The Balaban J connectivity index is 1.37. The number of benzene rings is 3. The van der Waals surface area contributed by atoms with Crippen molar-refractivity contribution in [2.45, 2.75) is 22.9 Å². The standard InChI is InChI=1S/C25H26N2O4S/c1-30-20-9-7-18(8-10-20)17-3-5-19(6-4-17)25-23-15-26-16-24(25)27(23)32(28,29)22-13-11-21(31-2)12-14-22/h3-14,23-26H,15-16H2,1-2H3/t23-,24+,25?. The number of piperidine rings is 1. The van der Waals surface area contributed by atoms with Gasteiger partial charge in [0.15, 0.2) is 0 Å². The normalized spacial score (nSPS) is 22.8. The lowest BCUT2D eigenvalue weighted by atomic mass is 9.74. The predicted octanol–water partition coefficient (Wildman–Crippen LogP) is 3.50. The summed E-state index contributed by atoms with van der Waals surface area (Å²) >= 11 is 0. The van der Waals surface area contributed by atoms with Gasteiger partial charge in [-0.15, -0.1) is 0 Å². The molecule has 3 aromatic rings. The summed E-state index contributed by atoms with van der Waals surface area (Å²) in [5.74, 6) is 1.66. The fourth-order valence-electron chi connectivity index (χ4n) is 4.88. The van der Waals surface area contributed by atoms with E-state index in [1.54, 1.807) is 42.8 Å². The average molecular weight is 451 g/mol. The molecule has 5 rings (SSSR count). The molecule has 3 aromatic carbocycles. The van der Waals surface area contributed by atoms with Crippen LogP contribution in [0, 0.1) is 0 Å². The monoisotopic (exact) mass is 450 g/mol. The van der Waals surface area contributed by atoms with Crippen LogP contribution in [0.25, 0.3) is 11.1 Å². The van der Waals surface area contributed by atoms with Crippen LogP contribution in [0.2, 0.25) is 0 Å². The Kier molecular flexibility index (Phi) is 5.41. The molecular weight excluding hydrogens is 424 g/mol. The Morgan fingerprint density at radius 3 is 1.72 bits per heavy atom. The van der Waals surface area contributed by atoms with E-state index in [-0.39, 0.29) is 18.0 Å². The number of nitrogens with zero attached hydrogens (tertiary/aromatic N) is 1.